The van der Waals surface area contributed by atoms with E-state index in [-0.39, 0.29) is 23.7 Å². The Morgan fingerprint density at radius 3 is 2.70 bits per heavy atom. The van der Waals surface area contributed by atoms with Gasteiger partial charge in [0.25, 0.3) is 0 Å². The molecule has 3 heterocycles. The molecule has 0 aliphatic carbocycles. The lowest BCUT2D eigenvalue weighted by Crippen LogP contribution is -2.43. The summed E-state index contributed by atoms with van der Waals surface area (Å²) in [6.07, 6.45) is 6.57. The lowest BCUT2D eigenvalue weighted by Gasteiger charge is -2.34. The number of nitrogens with zero attached hydrogens (tertiary/aromatic N) is 6. The van der Waals surface area contributed by atoms with Crippen molar-refractivity contribution in [2.45, 2.75) is 18.9 Å². The molecule has 1 atom stereocenters. The number of carboxylic acid groups (broad SMARTS) is 1. The molecule has 1 unspecified atom stereocenters. The smallest absolute Gasteiger partial charge is 0.335 e. The van der Waals surface area contributed by atoms with Crippen LogP contribution in [0, 0.1) is 0 Å². The van der Waals surface area contributed by atoms with E-state index in [0.29, 0.717) is 40.4 Å². The third-order valence-corrected chi connectivity index (χ3v) is 6.35. The zero-order chi connectivity index (χ0) is 25.9. The zero-order valence-electron chi connectivity index (χ0n) is 19.3. The van der Waals surface area contributed by atoms with Crippen molar-refractivity contribution in [1.82, 2.24) is 35.3 Å². The van der Waals surface area contributed by atoms with Crippen LogP contribution in [0.4, 0.5) is 0 Å². The number of fused-ring (bicyclic) bond motifs is 1. The number of aromatic nitrogens is 6. The Bertz CT molecular complexity index is 1500. The summed E-state index contributed by atoms with van der Waals surface area (Å²) in [6, 6.07) is 10.4. The molecule has 186 valence electrons. The van der Waals surface area contributed by atoms with Gasteiger partial charge in [0.15, 0.2) is 5.78 Å². The van der Waals surface area contributed by atoms with E-state index in [2.05, 4.69) is 25.7 Å². The Kier molecular flexibility index (Phi) is 6.60. The molecule has 0 bridgehead atoms. The molecule has 2 aromatic carbocycles. The number of nitrogens with one attached hydrogen (secondary N) is 1. The molecule has 4 aromatic rings. The molecule has 0 spiro atoms. The van der Waals surface area contributed by atoms with E-state index in [1.54, 1.807) is 42.6 Å². The molecule has 37 heavy (non-hydrogen) atoms. The number of ketones is 1. The molecule has 0 saturated carbocycles. The minimum atomic E-state index is -1.04. The van der Waals surface area contributed by atoms with Gasteiger partial charge in [0, 0.05) is 47.3 Å². The number of carbonyl (C=O) groups excluding carboxylic acids is 2. The summed E-state index contributed by atoms with van der Waals surface area (Å²) in [5.41, 5.74) is 3.50. The lowest BCUT2D eigenvalue weighted by atomic mass is 9.92. The molecule has 11 nitrogen and oxygen atoms in total. The Hall–Kier alpha value is -4.64. The van der Waals surface area contributed by atoms with Crippen LogP contribution in [0.15, 0.2) is 61.1 Å². The largest absolute Gasteiger partial charge is 0.478 e. The van der Waals surface area contributed by atoms with E-state index in [1.165, 1.54) is 34.1 Å². The molecule has 1 amide bonds. The maximum Gasteiger partial charge on any atom is 0.335 e. The van der Waals surface area contributed by atoms with E-state index in [0.717, 1.165) is 5.69 Å². The number of hydrogen-bond acceptors (Lipinski definition) is 7. The predicted molar refractivity (Wildman–Crippen MR) is 132 cm³/mol. The van der Waals surface area contributed by atoms with E-state index in [1.807, 2.05) is 0 Å². The quantitative estimate of drug-likeness (QED) is 0.356. The number of tetrazole rings is 1. The van der Waals surface area contributed by atoms with Crippen molar-refractivity contribution in [3.8, 4) is 5.69 Å². The maximum absolute atomic E-state index is 13.5. The lowest BCUT2D eigenvalue weighted by molar-refractivity contribution is -0.136. The average molecular weight is 518 g/mol. The summed E-state index contributed by atoms with van der Waals surface area (Å²) >= 11 is 6.18. The van der Waals surface area contributed by atoms with Gasteiger partial charge in [-0.15, -0.1) is 5.10 Å². The fourth-order valence-electron chi connectivity index (χ4n) is 4.33. The number of carbonyl (C=O) groups is 3. The molecule has 0 radical (unpaired) electrons. The first-order valence-electron chi connectivity index (χ1n) is 11.3. The highest BCUT2D eigenvalue weighted by molar-refractivity contribution is 6.30. The molecule has 0 fully saturated rings. The SMILES string of the molecule is O=C(O)c1ccc(CC(=O)C2c3cn[nH]c3CCN2C(=O)/C=C/c2cc(Cl)ccc2-n2cnnn2)cc1. The van der Waals surface area contributed by atoms with Gasteiger partial charge in [-0.05, 0) is 52.4 Å². The standard InChI is InChI=1S/C25H20ClN7O4/c26-18-6-7-21(33-14-28-30-31-33)17(12-18)5-8-23(35)32-10-9-20-19(13-27-29-20)24(32)22(34)11-15-1-3-16(4-2-15)25(36)37/h1-8,12-14,24H,9-11H2,(H,27,29)(H,36,37)/b8-5+. The van der Waals surface area contributed by atoms with Gasteiger partial charge in [0.1, 0.15) is 12.4 Å². The van der Waals surface area contributed by atoms with E-state index < -0.39 is 12.0 Å². The minimum Gasteiger partial charge on any atom is -0.478 e. The highest BCUT2D eigenvalue weighted by Gasteiger charge is 2.36. The first-order valence-corrected chi connectivity index (χ1v) is 11.7. The third-order valence-electron chi connectivity index (χ3n) is 6.12. The maximum atomic E-state index is 13.5. The van der Waals surface area contributed by atoms with Gasteiger partial charge in [-0.3, -0.25) is 14.7 Å². The third kappa shape index (κ3) is 5.02. The summed E-state index contributed by atoms with van der Waals surface area (Å²) in [6.45, 7) is 0.322. The zero-order valence-corrected chi connectivity index (χ0v) is 20.0. The highest BCUT2D eigenvalue weighted by Crippen LogP contribution is 2.31. The fraction of sp³-hybridized carbons (Fsp3) is 0.160. The summed E-state index contributed by atoms with van der Waals surface area (Å²) in [5, 5.41) is 27.8. The summed E-state index contributed by atoms with van der Waals surface area (Å²) in [5.74, 6) is -1.60. The number of Topliss-reactive ketones (excluding diaryl/α,β-unsaturated/α-hetero) is 1. The van der Waals surface area contributed by atoms with E-state index in [9.17, 15) is 14.4 Å². The van der Waals surface area contributed by atoms with Crippen LogP contribution in [-0.2, 0) is 22.4 Å². The molecular formula is C25H20ClN7O4. The molecule has 1 aliphatic heterocycles. The van der Waals surface area contributed by atoms with Gasteiger partial charge in [0.2, 0.25) is 5.91 Å². The Balaban J connectivity index is 1.41. The Labute approximate surface area is 215 Å². The number of hydrogen-bond donors (Lipinski definition) is 2. The van der Waals surface area contributed by atoms with Gasteiger partial charge in [-0.2, -0.15) is 9.78 Å². The summed E-state index contributed by atoms with van der Waals surface area (Å²) in [4.78, 5) is 39.5. The minimum absolute atomic E-state index is 0.0282. The van der Waals surface area contributed by atoms with Crippen LogP contribution in [0.1, 0.15) is 38.8 Å². The number of aromatic amines is 1. The second-order valence-corrected chi connectivity index (χ2v) is 8.86. The van der Waals surface area contributed by atoms with E-state index in [4.69, 9.17) is 16.7 Å². The number of amides is 1. The van der Waals surface area contributed by atoms with Crippen molar-refractivity contribution in [2.24, 2.45) is 0 Å². The van der Waals surface area contributed by atoms with Crippen molar-refractivity contribution >= 4 is 35.3 Å². The average Bonchev–Trinajstić information content (AvgIpc) is 3.59. The van der Waals surface area contributed by atoms with Crippen LogP contribution < -0.4 is 0 Å². The Morgan fingerprint density at radius 1 is 1.16 bits per heavy atom. The second-order valence-electron chi connectivity index (χ2n) is 8.42. The van der Waals surface area contributed by atoms with Crippen LogP contribution in [0.5, 0.6) is 0 Å². The van der Waals surface area contributed by atoms with Gasteiger partial charge in [-0.1, -0.05) is 23.7 Å². The van der Waals surface area contributed by atoms with Gasteiger partial charge in [-0.25, -0.2) is 4.79 Å². The normalized spacial score (nSPS) is 15.1. The van der Waals surface area contributed by atoms with Crippen LogP contribution in [-0.4, -0.2) is 64.6 Å². The second kappa shape index (κ2) is 10.2. The first-order chi connectivity index (χ1) is 17.9. The molecule has 2 N–H and O–H groups in total. The van der Waals surface area contributed by atoms with Crippen molar-refractivity contribution < 1.29 is 19.5 Å². The van der Waals surface area contributed by atoms with Crippen molar-refractivity contribution in [2.75, 3.05) is 6.54 Å². The van der Waals surface area contributed by atoms with Crippen LogP contribution >= 0.6 is 11.6 Å². The van der Waals surface area contributed by atoms with Crippen LogP contribution in [0.2, 0.25) is 5.02 Å². The Morgan fingerprint density at radius 2 is 1.97 bits per heavy atom. The topological polar surface area (TPSA) is 147 Å². The number of rotatable bonds is 7. The number of halogens is 1. The molecule has 1 aliphatic rings. The van der Waals surface area contributed by atoms with Crippen molar-refractivity contribution in [3.63, 3.8) is 0 Å². The van der Waals surface area contributed by atoms with E-state index >= 15 is 0 Å². The highest BCUT2D eigenvalue weighted by atomic mass is 35.5. The molecule has 12 heteroatoms. The van der Waals surface area contributed by atoms with Crippen molar-refractivity contribution in [1.29, 1.82) is 0 Å². The number of aromatic carboxylic acids is 1. The number of carboxylic acids is 1. The summed E-state index contributed by atoms with van der Waals surface area (Å²) in [7, 11) is 0. The molecular weight excluding hydrogens is 498 g/mol. The fourth-order valence-corrected chi connectivity index (χ4v) is 4.51. The predicted octanol–water partition coefficient (Wildman–Crippen LogP) is 2.69. The summed E-state index contributed by atoms with van der Waals surface area (Å²) < 4.78 is 1.46. The molecule has 5 rings (SSSR count). The first kappa shape index (κ1) is 24.1. The van der Waals surface area contributed by atoms with Crippen LogP contribution in [0.3, 0.4) is 0 Å². The van der Waals surface area contributed by atoms with Gasteiger partial charge < -0.3 is 10.0 Å². The number of H-pyrrole nitrogens is 1. The monoisotopic (exact) mass is 517 g/mol. The van der Waals surface area contributed by atoms with Gasteiger partial charge >= 0.3 is 5.97 Å². The van der Waals surface area contributed by atoms with Crippen LogP contribution in [0.25, 0.3) is 11.8 Å². The van der Waals surface area contributed by atoms with Gasteiger partial charge in [0.05, 0.1) is 17.4 Å². The van der Waals surface area contributed by atoms with Crippen molar-refractivity contribution in [3.05, 3.63) is 94.0 Å². The number of benzene rings is 2. The molecule has 0 saturated heterocycles. The molecule has 2 aromatic heterocycles.